The average molecular weight is 518 g/mol. The summed E-state index contributed by atoms with van der Waals surface area (Å²) >= 11 is 0. The van der Waals surface area contributed by atoms with Crippen molar-refractivity contribution in [3.05, 3.63) is 105 Å². The standard InChI is InChI=1S/C30H8F2N8/c31-17-1-3-25(39-13-17)29-23(11-37)19-5-20-22(6-21(19)27(29)15(7-33)8-34)28(16(9-35)10-36)30(24(20)12-38)26-4-2-18(32)14-40-26/h1-6,13-14H. The fraction of sp³-hybridized carbons (Fsp3) is 0. The molecule has 3 aromatic rings. The van der Waals surface area contributed by atoms with E-state index in [1.165, 1.54) is 24.3 Å². The van der Waals surface area contributed by atoms with Gasteiger partial charge in [-0.15, -0.1) is 0 Å². The predicted octanol–water partition coefficient (Wildman–Crippen LogP) is 5.25. The summed E-state index contributed by atoms with van der Waals surface area (Å²) in [4.78, 5) is 8.10. The third-order valence-corrected chi connectivity index (χ3v) is 6.37. The van der Waals surface area contributed by atoms with Crippen LogP contribution in [0.25, 0.3) is 33.4 Å². The number of allylic oxidation sites excluding steroid dienone is 8. The molecular weight excluding hydrogens is 510 g/mol. The Morgan fingerprint density at radius 3 is 1.23 bits per heavy atom. The lowest BCUT2D eigenvalue weighted by Gasteiger charge is -2.11. The van der Waals surface area contributed by atoms with Crippen LogP contribution in [0.2, 0.25) is 0 Å². The lowest BCUT2D eigenvalue weighted by molar-refractivity contribution is 0.620. The van der Waals surface area contributed by atoms with Gasteiger partial charge in [0.1, 0.15) is 59.2 Å². The second kappa shape index (κ2) is 9.63. The Morgan fingerprint density at radius 1 is 0.550 bits per heavy atom. The maximum absolute atomic E-state index is 13.6. The van der Waals surface area contributed by atoms with Gasteiger partial charge in [-0.3, -0.25) is 9.97 Å². The first-order valence-corrected chi connectivity index (χ1v) is 11.2. The van der Waals surface area contributed by atoms with Crippen LogP contribution >= 0.6 is 0 Å². The van der Waals surface area contributed by atoms with E-state index in [4.69, 9.17) is 0 Å². The van der Waals surface area contributed by atoms with Crippen LogP contribution in [-0.2, 0) is 0 Å². The first-order valence-electron chi connectivity index (χ1n) is 11.2. The lowest BCUT2D eigenvalue weighted by atomic mass is 9.90. The second-order valence-corrected chi connectivity index (χ2v) is 8.34. The van der Waals surface area contributed by atoms with E-state index in [9.17, 15) is 40.4 Å². The van der Waals surface area contributed by atoms with Crippen molar-refractivity contribution in [2.24, 2.45) is 0 Å². The van der Waals surface area contributed by atoms with E-state index in [0.29, 0.717) is 0 Å². The highest BCUT2D eigenvalue weighted by molar-refractivity contribution is 6.29. The Morgan fingerprint density at radius 2 is 0.925 bits per heavy atom. The van der Waals surface area contributed by atoms with Crippen LogP contribution < -0.4 is 0 Å². The minimum atomic E-state index is -0.635. The molecule has 2 heterocycles. The van der Waals surface area contributed by atoms with Gasteiger partial charge in [0.05, 0.1) is 34.9 Å². The smallest absolute Gasteiger partial charge is 0.141 e. The Hall–Kier alpha value is -6.72. The number of benzene rings is 1. The zero-order valence-electron chi connectivity index (χ0n) is 20.0. The van der Waals surface area contributed by atoms with E-state index in [0.717, 1.165) is 24.5 Å². The minimum absolute atomic E-state index is 0.0203. The zero-order chi connectivity index (χ0) is 28.6. The number of aromatic nitrogens is 2. The summed E-state index contributed by atoms with van der Waals surface area (Å²) in [6.45, 7) is 0. The molecule has 0 spiro atoms. The molecule has 0 aliphatic heterocycles. The molecule has 0 saturated heterocycles. The summed E-state index contributed by atoms with van der Waals surface area (Å²) in [7, 11) is 0. The number of fused-ring (bicyclic) bond motifs is 2. The quantitative estimate of drug-likeness (QED) is 0.414. The Kier molecular flexibility index (Phi) is 6.00. The number of halogens is 2. The van der Waals surface area contributed by atoms with Gasteiger partial charge in [-0.1, -0.05) is 0 Å². The molecule has 10 heteroatoms. The van der Waals surface area contributed by atoms with Gasteiger partial charge in [0.2, 0.25) is 0 Å². The molecule has 40 heavy (non-hydrogen) atoms. The predicted molar refractivity (Wildman–Crippen MR) is 136 cm³/mol. The Bertz CT molecular complexity index is 1880. The number of nitrogens with zero attached hydrogens (tertiary/aromatic N) is 8. The SMILES string of the molecule is N#CC(C#N)=C1C(c2ccc(F)cn2)=C(C#N)c2cc3c(cc21)C(=C(C#N)C#N)C(c1ccc(F)cn1)=C3C#N. The first kappa shape index (κ1) is 25.0. The lowest BCUT2D eigenvalue weighted by Crippen LogP contribution is -1.97. The summed E-state index contributed by atoms with van der Waals surface area (Å²) in [6, 6.07) is 19.3. The van der Waals surface area contributed by atoms with E-state index < -0.39 is 11.6 Å². The molecule has 2 aromatic heterocycles. The average Bonchev–Trinajstić information content (AvgIpc) is 3.46. The highest BCUT2D eigenvalue weighted by Crippen LogP contribution is 2.53. The summed E-state index contributed by atoms with van der Waals surface area (Å²) in [5.41, 5.74) is 0.945. The molecule has 1 aromatic carbocycles. The molecule has 8 nitrogen and oxygen atoms in total. The van der Waals surface area contributed by atoms with Crippen molar-refractivity contribution in [3.8, 4) is 36.4 Å². The maximum atomic E-state index is 13.6. The van der Waals surface area contributed by atoms with E-state index >= 15 is 0 Å². The Balaban J connectivity index is 1.93. The summed E-state index contributed by atoms with van der Waals surface area (Å²) in [5.74, 6) is -1.27. The fourth-order valence-corrected chi connectivity index (χ4v) is 4.80. The van der Waals surface area contributed by atoms with E-state index in [1.807, 2.05) is 24.3 Å². The van der Waals surface area contributed by atoms with Crippen molar-refractivity contribution < 1.29 is 8.78 Å². The largest absolute Gasteiger partial charge is 0.253 e. The summed E-state index contributed by atoms with van der Waals surface area (Å²) in [6.07, 6.45) is 1.86. The van der Waals surface area contributed by atoms with Crippen LogP contribution in [0, 0.1) is 79.6 Å². The van der Waals surface area contributed by atoms with Gasteiger partial charge in [0.25, 0.3) is 0 Å². The monoisotopic (exact) mass is 518 g/mol. The van der Waals surface area contributed by atoms with E-state index in [-0.39, 0.29) is 78.2 Å². The van der Waals surface area contributed by atoms with Crippen LogP contribution in [0.15, 0.2) is 59.9 Å². The second-order valence-electron chi connectivity index (χ2n) is 8.34. The van der Waals surface area contributed by atoms with Crippen LogP contribution in [0.4, 0.5) is 8.78 Å². The molecule has 0 N–H and O–H groups in total. The number of rotatable bonds is 2. The van der Waals surface area contributed by atoms with E-state index in [2.05, 4.69) is 22.1 Å². The third kappa shape index (κ3) is 3.60. The molecule has 0 saturated carbocycles. The van der Waals surface area contributed by atoms with Crippen molar-refractivity contribution in [2.75, 3.05) is 0 Å². The zero-order valence-corrected chi connectivity index (χ0v) is 20.0. The van der Waals surface area contributed by atoms with Crippen molar-refractivity contribution in [1.29, 1.82) is 31.6 Å². The molecule has 5 rings (SSSR count). The van der Waals surface area contributed by atoms with Crippen molar-refractivity contribution >= 4 is 33.4 Å². The molecule has 0 unspecified atom stereocenters. The fourth-order valence-electron chi connectivity index (χ4n) is 4.80. The number of pyridine rings is 2. The highest BCUT2D eigenvalue weighted by Gasteiger charge is 2.37. The van der Waals surface area contributed by atoms with E-state index in [1.54, 1.807) is 0 Å². The van der Waals surface area contributed by atoms with Crippen molar-refractivity contribution in [3.63, 3.8) is 0 Å². The summed E-state index contributed by atoms with van der Waals surface area (Å²) < 4.78 is 27.3. The molecule has 0 atom stereocenters. The molecule has 0 radical (unpaired) electrons. The number of hydrogen-bond donors (Lipinski definition) is 0. The summed E-state index contributed by atoms with van der Waals surface area (Å²) in [5, 5.41) is 59.5. The highest BCUT2D eigenvalue weighted by atomic mass is 19.1. The molecule has 0 fully saturated rings. The van der Waals surface area contributed by atoms with Gasteiger partial charge in [-0.2, -0.15) is 31.6 Å². The van der Waals surface area contributed by atoms with Crippen LogP contribution in [-0.4, -0.2) is 9.97 Å². The number of hydrogen-bond acceptors (Lipinski definition) is 8. The maximum Gasteiger partial charge on any atom is 0.141 e. The molecule has 2 aliphatic rings. The van der Waals surface area contributed by atoms with Gasteiger partial charge < -0.3 is 0 Å². The topological polar surface area (TPSA) is 169 Å². The molecular formula is C30H8F2N8. The van der Waals surface area contributed by atoms with Gasteiger partial charge in [0.15, 0.2) is 0 Å². The van der Waals surface area contributed by atoms with Gasteiger partial charge in [0, 0.05) is 33.4 Å². The van der Waals surface area contributed by atoms with Crippen LogP contribution in [0.1, 0.15) is 33.6 Å². The Labute approximate surface area is 225 Å². The van der Waals surface area contributed by atoms with Crippen molar-refractivity contribution in [1.82, 2.24) is 9.97 Å². The number of nitriles is 6. The minimum Gasteiger partial charge on any atom is -0.253 e. The molecule has 2 aliphatic carbocycles. The normalized spacial score (nSPS) is 12.8. The third-order valence-electron chi connectivity index (χ3n) is 6.37. The molecule has 182 valence electrons. The molecule has 0 amide bonds. The molecule has 0 bridgehead atoms. The van der Waals surface area contributed by atoms with Gasteiger partial charge in [-0.05, 0) is 47.5 Å². The van der Waals surface area contributed by atoms with Gasteiger partial charge in [-0.25, -0.2) is 8.78 Å². The first-order chi connectivity index (χ1) is 19.4. The van der Waals surface area contributed by atoms with Crippen LogP contribution in [0.5, 0.6) is 0 Å². The van der Waals surface area contributed by atoms with Crippen molar-refractivity contribution in [2.45, 2.75) is 0 Å². The van der Waals surface area contributed by atoms with Crippen LogP contribution in [0.3, 0.4) is 0 Å². The van der Waals surface area contributed by atoms with Gasteiger partial charge >= 0.3 is 0 Å².